The van der Waals surface area contributed by atoms with Crippen LogP contribution in [0.2, 0.25) is 0 Å². The first-order valence-electron chi connectivity index (χ1n) is 5.15. The quantitative estimate of drug-likeness (QED) is 0.553. The average molecular weight is 204 g/mol. The van der Waals surface area contributed by atoms with Gasteiger partial charge < -0.3 is 0 Å². The molecule has 0 aromatic heterocycles. The second-order valence-electron chi connectivity index (χ2n) is 4.62. The Labute approximate surface area is 91.8 Å². The first-order chi connectivity index (χ1) is 6.97. The molecule has 0 aliphatic heterocycles. The van der Waals surface area contributed by atoms with Crippen LogP contribution in [-0.2, 0) is 4.79 Å². The summed E-state index contributed by atoms with van der Waals surface area (Å²) in [6, 6.07) is 0. The molecule has 15 heavy (non-hydrogen) atoms. The molecule has 0 spiro atoms. The van der Waals surface area contributed by atoms with Gasteiger partial charge in [-0.15, -0.1) is 5.32 Å². The molecule has 2 heteroatoms. The van der Waals surface area contributed by atoms with Crippen LogP contribution < -0.4 is 5.32 Å². The Hall–Kier alpha value is -1.40. The third kappa shape index (κ3) is 2.77. The minimum Gasteiger partial charge on any atom is -0.137 e. The van der Waals surface area contributed by atoms with Crippen LogP contribution in [0.3, 0.4) is 0 Å². The fourth-order valence-electron chi connectivity index (χ4n) is 1.72. The van der Waals surface area contributed by atoms with E-state index < -0.39 is 0 Å². The maximum Gasteiger partial charge on any atom is 0.665 e. The van der Waals surface area contributed by atoms with Crippen molar-refractivity contribution in [3.8, 4) is 0 Å². The zero-order valence-corrected chi connectivity index (χ0v) is 9.63. The summed E-state index contributed by atoms with van der Waals surface area (Å²) in [4.78, 5) is 10.4. The van der Waals surface area contributed by atoms with Gasteiger partial charge in [-0.2, -0.15) is 0 Å². The maximum atomic E-state index is 10.4. The van der Waals surface area contributed by atoms with E-state index in [1.54, 1.807) is 6.41 Å². The third-order valence-corrected chi connectivity index (χ3v) is 2.93. The Morgan fingerprint density at radius 3 is 2.87 bits per heavy atom. The molecular formula is C13H18NO+. The highest BCUT2D eigenvalue weighted by Gasteiger charge is 2.33. The minimum atomic E-state index is -0.257. The molecule has 0 aromatic carbocycles. The number of hydrogen-bond donors (Lipinski definition) is 1. The fraction of sp³-hybridized carbons (Fsp3) is 0.462. The van der Waals surface area contributed by atoms with Gasteiger partial charge in [0.05, 0.1) is 10.3 Å². The molecule has 1 rings (SSSR count). The first-order valence-corrected chi connectivity index (χ1v) is 5.15. The topological polar surface area (TPSA) is 29.1 Å². The molecule has 1 aliphatic carbocycles. The third-order valence-electron chi connectivity index (χ3n) is 2.93. The summed E-state index contributed by atoms with van der Waals surface area (Å²) in [5.74, 6) is 0.302. The number of rotatable bonds is 4. The van der Waals surface area contributed by atoms with E-state index in [0.29, 0.717) is 5.92 Å². The molecule has 80 valence electrons. The summed E-state index contributed by atoms with van der Waals surface area (Å²) in [7, 11) is 0. The van der Waals surface area contributed by atoms with Crippen LogP contribution in [-0.4, -0.2) is 11.9 Å². The molecule has 0 heterocycles. The van der Waals surface area contributed by atoms with E-state index >= 15 is 0 Å². The molecule has 0 radical (unpaired) electrons. The minimum absolute atomic E-state index is 0.257. The van der Waals surface area contributed by atoms with Crippen LogP contribution in [0, 0.1) is 5.92 Å². The predicted molar refractivity (Wildman–Crippen MR) is 63.1 cm³/mol. The summed E-state index contributed by atoms with van der Waals surface area (Å²) in [6.45, 7) is 9.97. The van der Waals surface area contributed by atoms with Gasteiger partial charge in [0.2, 0.25) is 0 Å². The molecular weight excluding hydrogens is 186 g/mol. The molecule has 1 unspecified atom stereocenters. The van der Waals surface area contributed by atoms with Crippen molar-refractivity contribution in [2.24, 2.45) is 5.92 Å². The van der Waals surface area contributed by atoms with Gasteiger partial charge in [0, 0.05) is 5.92 Å². The zero-order chi connectivity index (χ0) is 11.5. The molecule has 1 atom stereocenters. The van der Waals surface area contributed by atoms with Gasteiger partial charge in [-0.1, -0.05) is 30.4 Å². The van der Waals surface area contributed by atoms with E-state index in [-0.39, 0.29) is 5.54 Å². The highest BCUT2D eigenvalue weighted by Crippen LogP contribution is 2.30. The Kier molecular flexibility index (Phi) is 3.43. The highest BCUT2D eigenvalue weighted by atomic mass is 16.1. The first kappa shape index (κ1) is 11.7. The summed E-state index contributed by atoms with van der Waals surface area (Å²) in [5.41, 5.74) is 2.09. The molecule has 1 amide bonds. The van der Waals surface area contributed by atoms with E-state index in [2.05, 4.69) is 24.0 Å². The van der Waals surface area contributed by atoms with E-state index in [1.165, 1.54) is 5.57 Å². The van der Waals surface area contributed by atoms with Crippen LogP contribution in [0.1, 0.15) is 27.2 Å². The number of hydrogen-bond acceptors (Lipinski definition) is 1. The molecule has 2 nitrogen and oxygen atoms in total. The van der Waals surface area contributed by atoms with Gasteiger partial charge in [0.1, 0.15) is 0 Å². The summed E-state index contributed by atoms with van der Waals surface area (Å²) in [6.07, 6.45) is 8.94. The lowest BCUT2D eigenvalue weighted by molar-refractivity contribution is 0.332. The van der Waals surface area contributed by atoms with Crippen molar-refractivity contribution in [3.05, 3.63) is 36.0 Å². The number of amides is 1. The molecule has 0 bridgehead atoms. The molecule has 0 aromatic rings. The van der Waals surface area contributed by atoms with Crippen molar-refractivity contribution in [3.63, 3.8) is 0 Å². The number of nitrogens with one attached hydrogen (secondary N) is 1. The van der Waals surface area contributed by atoms with Crippen molar-refractivity contribution >= 4 is 6.41 Å². The second kappa shape index (κ2) is 4.41. The van der Waals surface area contributed by atoms with Crippen LogP contribution in [0.15, 0.2) is 36.0 Å². The molecule has 0 fully saturated rings. The molecule has 1 aliphatic rings. The van der Waals surface area contributed by atoms with Crippen LogP contribution in [0.5, 0.6) is 0 Å². The maximum absolute atomic E-state index is 10.4. The van der Waals surface area contributed by atoms with Crippen molar-refractivity contribution in [1.29, 1.82) is 0 Å². The Morgan fingerprint density at radius 1 is 1.67 bits per heavy atom. The van der Waals surface area contributed by atoms with Gasteiger partial charge in [-0.3, -0.25) is 0 Å². The van der Waals surface area contributed by atoms with Crippen molar-refractivity contribution < 1.29 is 4.79 Å². The van der Waals surface area contributed by atoms with E-state index in [1.807, 2.05) is 26.8 Å². The lowest BCUT2D eigenvalue weighted by atomic mass is 9.79. The predicted octanol–water partition coefficient (Wildman–Crippen LogP) is 2.50. The van der Waals surface area contributed by atoms with Crippen LogP contribution in [0.25, 0.3) is 0 Å². The summed E-state index contributed by atoms with van der Waals surface area (Å²) >= 11 is 0. The molecule has 0 saturated heterocycles. The molecule has 1 N–H and O–H groups in total. The van der Waals surface area contributed by atoms with Crippen molar-refractivity contribution in [2.75, 3.05) is 0 Å². The normalized spacial score (nSPS) is 20.5. The van der Waals surface area contributed by atoms with Gasteiger partial charge in [-0.05, 0) is 32.8 Å². The van der Waals surface area contributed by atoms with Gasteiger partial charge in [-0.25, -0.2) is 0 Å². The standard InChI is InChI=1S/C13H18NO/c1-10(2)11-6-5-7-12(8-11)13(3,4)14-9-15/h5-7,12H,1,8H2,2-4H3,(H,14,15)/q+1. The summed E-state index contributed by atoms with van der Waals surface area (Å²) < 4.78 is 0. The lowest BCUT2D eigenvalue weighted by Gasteiger charge is -2.29. The van der Waals surface area contributed by atoms with E-state index in [9.17, 15) is 4.79 Å². The largest absolute Gasteiger partial charge is 0.665 e. The average Bonchev–Trinajstić information content (AvgIpc) is 2.18. The van der Waals surface area contributed by atoms with Gasteiger partial charge >= 0.3 is 6.41 Å². The highest BCUT2D eigenvalue weighted by molar-refractivity contribution is 5.49. The smallest absolute Gasteiger partial charge is 0.137 e. The lowest BCUT2D eigenvalue weighted by Crippen LogP contribution is -2.45. The zero-order valence-electron chi connectivity index (χ0n) is 9.63. The van der Waals surface area contributed by atoms with Crippen molar-refractivity contribution in [1.82, 2.24) is 5.32 Å². The van der Waals surface area contributed by atoms with Crippen molar-refractivity contribution in [2.45, 2.75) is 32.7 Å². The van der Waals surface area contributed by atoms with Gasteiger partial charge in [0.15, 0.2) is 0 Å². The number of allylic oxidation sites excluding steroid dienone is 4. The number of carbonyl (C=O) groups excluding carboxylic acids is 1. The van der Waals surface area contributed by atoms with E-state index in [0.717, 1.165) is 12.0 Å². The van der Waals surface area contributed by atoms with E-state index in [4.69, 9.17) is 0 Å². The van der Waals surface area contributed by atoms with Crippen LogP contribution in [0.4, 0.5) is 0 Å². The van der Waals surface area contributed by atoms with Gasteiger partial charge in [0.25, 0.3) is 0 Å². The second-order valence-corrected chi connectivity index (χ2v) is 4.62. The SMILES string of the molecule is C=C(C)C1=CC=CC(C(C)(C)N[C+]=O)C1. The van der Waals surface area contributed by atoms with Crippen LogP contribution >= 0.6 is 0 Å². The monoisotopic (exact) mass is 204 g/mol. The molecule has 0 saturated carbocycles. The Balaban J connectivity index is 2.77. The summed E-state index contributed by atoms with van der Waals surface area (Å²) in [5, 5.41) is 2.74. The Bertz CT molecular complexity index is 323. The fourth-order valence-corrected chi connectivity index (χ4v) is 1.72. The Morgan fingerprint density at radius 2 is 2.33 bits per heavy atom.